The van der Waals surface area contributed by atoms with Crippen LogP contribution in [0.4, 0.5) is 0 Å². The number of pyridine rings is 1. The number of hydrogen-bond acceptors (Lipinski definition) is 5. The number of unbranched alkanes of at least 4 members (excludes halogenated alkanes) is 1. The Morgan fingerprint density at radius 2 is 2.29 bits per heavy atom. The fourth-order valence-corrected chi connectivity index (χ4v) is 1.72. The molecule has 6 heteroatoms. The number of carbonyl (C=O) groups excluding carboxylic acids is 1. The van der Waals surface area contributed by atoms with Crippen LogP contribution in [0.5, 0.6) is 5.88 Å². The van der Waals surface area contributed by atoms with Crippen LogP contribution in [0.1, 0.15) is 38.2 Å². The van der Waals surface area contributed by atoms with E-state index in [1.807, 2.05) is 6.07 Å². The van der Waals surface area contributed by atoms with Crippen LogP contribution in [-0.4, -0.2) is 40.4 Å². The molecule has 3 N–H and O–H groups in total. The summed E-state index contributed by atoms with van der Waals surface area (Å²) in [6, 6.07) is 3.60. The van der Waals surface area contributed by atoms with E-state index in [1.165, 1.54) is 0 Å². The average molecular weight is 296 g/mol. The van der Waals surface area contributed by atoms with Crippen LogP contribution in [0.3, 0.4) is 0 Å². The van der Waals surface area contributed by atoms with Crippen LogP contribution in [-0.2, 0) is 11.3 Å². The number of hydrogen-bond donors (Lipinski definition) is 3. The number of ether oxygens (including phenoxy) is 1. The molecule has 0 aliphatic carbocycles. The molecule has 0 aromatic carbocycles. The third-order valence-electron chi connectivity index (χ3n) is 2.98. The Balaban J connectivity index is 2.48. The van der Waals surface area contributed by atoms with Crippen LogP contribution in [0.15, 0.2) is 18.3 Å². The summed E-state index contributed by atoms with van der Waals surface area (Å²) in [7, 11) is 0. The lowest BCUT2D eigenvalue weighted by Gasteiger charge is -2.13. The van der Waals surface area contributed by atoms with E-state index in [2.05, 4.69) is 17.2 Å². The first-order valence-corrected chi connectivity index (χ1v) is 7.32. The molecule has 0 saturated heterocycles. The van der Waals surface area contributed by atoms with E-state index in [0.717, 1.165) is 18.4 Å². The van der Waals surface area contributed by atoms with Gasteiger partial charge in [0.2, 0.25) is 11.8 Å². The number of carbonyl (C=O) groups is 1. The minimum absolute atomic E-state index is 0.0393. The summed E-state index contributed by atoms with van der Waals surface area (Å²) in [4.78, 5) is 15.8. The number of amides is 1. The van der Waals surface area contributed by atoms with Crippen molar-refractivity contribution in [3.05, 3.63) is 23.9 Å². The Morgan fingerprint density at radius 3 is 3.00 bits per heavy atom. The van der Waals surface area contributed by atoms with Crippen LogP contribution in [0.25, 0.3) is 0 Å². The molecule has 1 amide bonds. The summed E-state index contributed by atoms with van der Waals surface area (Å²) in [6.45, 7) is 2.89. The van der Waals surface area contributed by atoms with E-state index < -0.39 is 12.0 Å². The van der Waals surface area contributed by atoms with Crippen molar-refractivity contribution < 1.29 is 19.7 Å². The van der Waals surface area contributed by atoms with E-state index >= 15 is 0 Å². The van der Waals surface area contributed by atoms with Crippen molar-refractivity contribution in [1.82, 2.24) is 10.3 Å². The second-order valence-corrected chi connectivity index (χ2v) is 4.77. The maximum atomic E-state index is 11.7. The average Bonchev–Trinajstić information content (AvgIpc) is 2.51. The zero-order chi connectivity index (χ0) is 15.5. The quantitative estimate of drug-likeness (QED) is 0.560. The van der Waals surface area contributed by atoms with Crippen molar-refractivity contribution in [2.75, 3.05) is 13.2 Å². The maximum absolute atomic E-state index is 11.7. The first-order chi connectivity index (χ1) is 10.2. The number of aromatic nitrogens is 1. The lowest BCUT2D eigenvalue weighted by Crippen LogP contribution is -2.34. The monoisotopic (exact) mass is 296 g/mol. The summed E-state index contributed by atoms with van der Waals surface area (Å²) < 4.78 is 5.58. The summed E-state index contributed by atoms with van der Waals surface area (Å²) in [6.07, 6.45) is 3.17. The van der Waals surface area contributed by atoms with Crippen LogP contribution in [0, 0.1) is 0 Å². The van der Waals surface area contributed by atoms with Gasteiger partial charge in [0.15, 0.2) is 0 Å². The SMILES string of the molecule is CCCCOc1ncccc1CNC(=O)C(O)CCCO. The number of rotatable bonds is 10. The normalized spacial score (nSPS) is 12.0. The molecule has 0 aliphatic rings. The molecule has 0 fully saturated rings. The first-order valence-electron chi connectivity index (χ1n) is 7.32. The van der Waals surface area contributed by atoms with Crippen molar-refractivity contribution in [3.63, 3.8) is 0 Å². The Bertz CT molecular complexity index is 426. The van der Waals surface area contributed by atoms with Gasteiger partial charge in [0.25, 0.3) is 0 Å². The van der Waals surface area contributed by atoms with Crippen molar-refractivity contribution in [3.8, 4) is 5.88 Å². The predicted molar refractivity (Wildman–Crippen MR) is 78.8 cm³/mol. The smallest absolute Gasteiger partial charge is 0.249 e. The van der Waals surface area contributed by atoms with E-state index in [0.29, 0.717) is 18.9 Å². The molecule has 0 aliphatic heterocycles. The molecular formula is C15H24N2O4. The Morgan fingerprint density at radius 1 is 1.48 bits per heavy atom. The standard InChI is InChI=1S/C15H24N2O4/c1-2-3-10-21-15-12(6-4-8-16-15)11-17-14(20)13(19)7-5-9-18/h4,6,8,13,18-19H,2-3,5,7,9-11H2,1H3,(H,17,20). The molecule has 1 aromatic rings. The Kier molecular flexibility index (Phi) is 8.38. The Labute approximate surface area is 125 Å². The fourth-order valence-electron chi connectivity index (χ4n) is 1.72. The van der Waals surface area contributed by atoms with E-state index in [-0.39, 0.29) is 19.6 Å². The highest BCUT2D eigenvalue weighted by atomic mass is 16.5. The molecule has 1 aromatic heterocycles. The van der Waals surface area contributed by atoms with Crippen molar-refractivity contribution >= 4 is 5.91 Å². The predicted octanol–water partition coefficient (Wildman–Crippen LogP) is 1.01. The molecule has 21 heavy (non-hydrogen) atoms. The molecule has 0 bridgehead atoms. The lowest BCUT2D eigenvalue weighted by atomic mass is 10.2. The second-order valence-electron chi connectivity index (χ2n) is 4.77. The second kappa shape index (κ2) is 10.1. The molecule has 1 atom stereocenters. The summed E-state index contributed by atoms with van der Waals surface area (Å²) >= 11 is 0. The molecule has 1 rings (SSSR count). The molecule has 0 radical (unpaired) electrons. The minimum Gasteiger partial charge on any atom is -0.477 e. The summed E-state index contributed by atoms with van der Waals surface area (Å²) in [5.74, 6) is 0.0582. The molecule has 0 spiro atoms. The van der Waals surface area contributed by atoms with Crippen molar-refractivity contribution in [1.29, 1.82) is 0 Å². The highest BCUT2D eigenvalue weighted by Gasteiger charge is 2.14. The Hall–Kier alpha value is -1.66. The van der Waals surface area contributed by atoms with Gasteiger partial charge in [-0.25, -0.2) is 4.98 Å². The molecule has 1 heterocycles. The number of aliphatic hydroxyl groups excluding tert-OH is 2. The third kappa shape index (κ3) is 6.55. The van der Waals surface area contributed by atoms with Crippen molar-refractivity contribution in [2.45, 2.75) is 45.3 Å². The first kappa shape index (κ1) is 17.4. The molecule has 0 saturated carbocycles. The molecular weight excluding hydrogens is 272 g/mol. The van der Waals surface area contributed by atoms with Gasteiger partial charge in [0, 0.05) is 24.9 Å². The number of aliphatic hydroxyl groups is 2. The number of nitrogens with one attached hydrogen (secondary N) is 1. The highest BCUT2D eigenvalue weighted by molar-refractivity contribution is 5.80. The van der Waals surface area contributed by atoms with Crippen LogP contribution < -0.4 is 10.1 Å². The maximum Gasteiger partial charge on any atom is 0.249 e. The van der Waals surface area contributed by atoms with Gasteiger partial charge in [-0.3, -0.25) is 4.79 Å². The highest BCUT2D eigenvalue weighted by Crippen LogP contribution is 2.14. The zero-order valence-corrected chi connectivity index (χ0v) is 12.4. The summed E-state index contributed by atoms with van der Waals surface area (Å²) in [5.41, 5.74) is 0.774. The van der Waals surface area contributed by atoms with Gasteiger partial charge in [-0.2, -0.15) is 0 Å². The molecule has 118 valence electrons. The lowest BCUT2D eigenvalue weighted by molar-refractivity contribution is -0.129. The van der Waals surface area contributed by atoms with Gasteiger partial charge in [0.1, 0.15) is 6.10 Å². The van der Waals surface area contributed by atoms with Crippen molar-refractivity contribution in [2.24, 2.45) is 0 Å². The van der Waals surface area contributed by atoms with E-state index in [4.69, 9.17) is 9.84 Å². The van der Waals surface area contributed by atoms with Gasteiger partial charge in [-0.15, -0.1) is 0 Å². The summed E-state index contributed by atoms with van der Waals surface area (Å²) in [5, 5.41) is 20.9. The van der Waals surface area contributed by atoms with Crippen LogP contribution in [0.2, 0.25) is 0 Å². The van der Waals surface area contributed by atoms with E-state index in [1.54, 1.807) is 12.3 Å². The van der Waals surface area contributed by atoms with Gasteiger partial charge in [0.05, 0.1) is 6.61 Å². The topological polar surface area (TPSA) is 91.7 Å². The van der Waals surface area contributed by atoms with Gasteiger partial charge < -0.3 is 20.3 Å². The van der Waals surface area contributed by atoms with Gasteiger partial charge in [-0.05, 0) is 25.3 Å². The molecule has 1 unspecified atom stereocenters. The van der Waals surface area contributed by atoms with E-state index in [9.17, 15) is 9.90 Å². The zero-order valence-electron chi connectivity index (χ0n) is 12.4. The minimum atomic E-state index is -1.10. The molecule has 6 nitrogen and oxygen atoms in total. The van der Waals surface area contributed by atoms with Crippen LogP contribution >= 0.6 is 0 Å². The third-order valence-corrected chi connectivity index (χ3v) is 2.98. The fraction of sp³-hybridized carbons (Fsp3) is 0.600. The van der Waals surface area contributed by atoms with Gasteiger partial charge in [-0.1, -0.05) is 19.4 Å². The largest absolute Gasteiger partial charge is 0.477 e. The van der Waals surface area contributed by atoms with Gasteiger partial charge >= 0.3 is 0 Å². The number of nitrogens with zero attached hydrogens (tertiary/aromatic N) is 1.